The molecule has 0 bridgehead atoms. The summed E-state index contributed by atoms with van der Waals surface area (Å²) in [4.78, 5) is 0. The Balaban J connectivity index is 1.93. The Bertz CT molecular complexity index is 336. The SMILES string of the molecule is COc1cccc(CCNC2CC2)c1F. The second kappa shape index (κ2) is 4.62. The molecule has 0 aromatic heterocycles. The van der Waals surface area contributed by atoms with Crippen molar-refractivity contribution >= 4 is 0 Å². The molecule has 0 aliphatic heterocycles. The zero-order chi connectivity index (χ0) is 10.7. The molecule has 82 valence electrons. The maximum Gasteiger partial charge on any atom is 0.168 e. The van der Waals surface area contributed by atoms with Gasteiger partial charge in [-0.2, -0.15) is 0 Å². The van der Waals surface area contributed by atoms with Crippen LogP contribution in [0.1, 0.15) is 18.4 Å². The number of ether oxygens (including phenoxy) is 1. The summed E-state index contributed by atoms with van der Waals surface area (Å²) in [5.74, 6) is 0.108. The van der Waals surface area contributed by atoms with E-state index in [1.807, 2.05) is 12.1 Å². The fraction of sp³-hybridized carbons (Fsp3) is 0.500. The maximum atomic E-state index is 13.7. The minimum Gasteiger partial charge on any atom is -0.494 e. The van der Waals surface area contributed by atoms with Crippen LogP contribution in [0.3, 0.4) is 0 Å². The summed E-state index contributed by atoms with van der Waals surface area (Å²) in [5.41, 5.74) is 0.725. The van der Waals surface area contributed by atoms with E-state index in [4.69, 9.17) is 4.74 Å². The normalized spacial score (nSPS) is 15.3. The third-order valence-corrected chi connectivity index (χ3v) is 2.67. The number of nitrogens with one attached hydrogen (secondary N) is 1. The zero-order valence-corrected chi connectivity index (χ0v) is 8.92. The van der Waals surface area contributed by atoms with Crippen molar-refractivity contribution in [2.24, 2.45) is 0 Å². The minimum absolute atomic E-state index is 0.224. The molecule has 1 saturated carbocycles. The molecule has 2 rings (SSSR count). The van der Waals surface area contributed by atoms with Crippen LogP contribution in [-0.4, -0.2) is 19.7 Å². The van der Waals surface area contributed by atoms with Gasteiger partial charge in [-0.05, 0) is 37.4 Å². The van der Waals surface area contributed by atoms with E-state index in [0.717, 1.165) is 18.5 Å². The van der Waals surface area contributed by atoms with Crippen molar-refractivity contribution in [2.75, 3.05) is 13.7 Å². The molecule has 1 aromatic carbocycles. The lowest BCUT2D eigenvalue weighted by atomic mass is 10.1. The van der Waals surface area contributed by atoms with Crippen molar-refractivity contribution in [3.63, 3.8) is 0 Å². The Morgan fingerprint density at radius 2 is 2.27 bits per heavy atom. The molecule has 1 N–H and O–H groups in total. The average Bonchev–Trinajstić information content (AvgIpc) is 3.04. The smallest absolute Gasteiger partial charge is 0.168 e. The van der Waals surface area contributed by atoms with E-state index in [1.165, 1.54) is 20.0 Å². The molecule has 0 heterocycles. The Morgan fingerprint density at radius 1 is 1.47 bits per heavy atom. The molecule has 1 aliphatic rings. The highest BCUT2D eigenvalue weighted by atomic mass is 19.1. The lowest BCUT2D eigenvalue weighted by Gasteiger charge is -2.07. The first kappa shape index (κ1) is 10.4. The predicted octanol–water partition coefficient (Wildman–Crippen LogP) is 2.13. The van der Waals surface area contributed by atoms with E-state index in [-0.39, 0.29) is 5.82 Å². The monoisotopic (exact) mass is 209 g/mol. The number of hydrogen-bond acceptors (Lipinski definition) is 2. The molecular weight excluding hydrogens is 193 g/mol. The predicted molar refractivity (Wildman–Crippen MR) is 57.7 cm³/mol. The van der Waals surface area contributed by atoms with Crippen molar-refractivity contribution in [1.82, 2.24) is 5.32 Å². The number of rotatable bonds is 5. The number of hydrogen-bond donors (Lipinski definition) is 1. The van der Waals surface area contributed by atoms with E-state index >= 15 is 0 Å². The van der Waals surface area contributed by atoms with E-state index in [1.54, 1.807) is 6.07 Å². The van der Waals surface area contributed by atoms with E-state index in [9.17, 15) is 4.39 Å². The lowest BCUT2D eigenvalue weighted by Crippen LogP contribution is -2.19. The standard InChI is InChI=1S/C12H16FNO/c1-15-11-4-2-3-9(12(11)13)7-8-14-10-5-6-10/h2-4,10,14H,5-8H2,1H3. The Hall–Kier alpha value is -1.09. The van der Waals surface area contributed by atoms with Gasteiger partial charge in [-0.3, -0.25) is 0 Å². The van der Waals surface area contributed by atoms with Gasteiger partial charge in [-0.15, -0.1) is 0 Å². The molecular formula is C12H16FNO. The summed E-state index contributed by atoms with van der Waals surface area (Å²) < 4.78 is 18.6. The fourth-order valence-electron chi connectivity index (χ4n) is 1.61. The first-order valence-electron chi connectivity index (χ1n) is 5.36. The van der Waals surface area contributed by atoms with Gasteiger partial charge in [0.15, 0.2) is 11.6 Å². The summed E-state index contributed by atoms with van der Waals surface area (Å²) in [5, 5.41) is 3.36. The number of methoxy groups -OCH3 is 1. The summed E-state index contributed by atoms with van der Waals surface area (Å²) in [6.45, 7) is 0.842. The molecule has 2 nitrogen and oxygen atoms in total. The van der Waals surface area contributed by atoms with Crippen LogP contribution in [0.25, 0.3) is 0 Å². The average molecular weight is 209 g/mol. The molecule has 15 heavy (non-hydrogen) atoms. The van der Waals surface area contributed by atoms with Gasteiger partial charge in [0.1, 0.15) is 0 Å². The summed E-state index contributed by atoms with van der Waals surface area (Å²) in [6.07, 6.45) is 3.25. The van der Waals surface area contributed by atoms with Crippen molar-refractivity contribution in [3.05, 3.63) is 29.6 Å². The minimum atomic E-state index is -0.224. The lowest BCUT2D eigenvalue weighted by molar-refractivity contribution is 0.384. The van der Waals surface area contributed by atoms with Gasteiger partial charge < -0.3 is 10.1 Å². The van der Waals surface area contributed by atoms with Gasteiger partial charge in [-0.25, -0.2) is 4.39 Å². The highest BCUT2D eigenvalue weighted by molar-refractivity contribution is 5.31. The third kappa shape index (κ3) is 2.69. The maximum absolute atomic E-state index is 13.7. The molecule has 1 aliphatic carbocycles. The van der Waals surface area contributed by atoms with Crippen LogP contribution in [0.15, 0.2) is 18.2 Å². The molecule has 1 aromatic rings. The van der Waals surface area contributed by atoms with Crippen molar-refractivity contribution in [2.45, 2.75) is 25.3 Å². The van der Waals surface area contributed by atoms with Gasteiger partial charge in [0, 0.05) is 6.04 Å². The molecule has 0 atom stereocenters. The number of halogens is 1. The van der Waals surface area contributed by atoms with Crippen LogP contribution < -0.4 is 10.1 Å². The largest absolute Gasteiger partial charge is 0.494 e. The summed E-state index contributed by atoms with van der Waals surface area (Å²) in [6, 6.07) is 5.96. The molecule has 0 spiro atoms. The summed E-state index contributed by atoms with van der Waals surface area (Å²) >= 11 is 0. The number of benzene rings is 1. The molecule has 0 saturated heterocycles. The van der Waals surface area contributed by atoms with Gasteiger partial charge in [-0.1, -0.05) is 12.1 Å². The van der Waals surface area contributed by atoms with E-state index < -0.39 is 0 Å². The Morgan fingerprint density at radius 3 is 2.93 bits per heavy atom. The van der Waals surface area contributed by atoms with Crippen LogP contribution in [0.2, 0.25) is 0 Å². The topological polar surface area (TPSA) is 21.3 Å². The van der Waals surface area contributed by atoms with Gasteiger partial charge in [0.2, 0.25) is 0 Å². The second-order valence-corrected chi connectivity index (χ2v) is 3.91. The zero-order valence-electron chi connectivity index (χ0n) is 8.92. The van der Waals surface area contributed by atoms with Crippen LogP contribution in [0.4, 0.5) is 4.39 Å². The third-order valence-electron chi connectivity index (χ3n) is 2.67. The van der Waals surface area contributed by atoms with Gasteiger partial charge in [0.05, 0.1) is 7.11 Å². The second-order valence-electron chi connectivity index (χ2n) is 3.91. The van der Waals surface area contributed by atoms with Crippen molar-refractivity contribution in [3.8, 4) is 5.75 Å². The first-order valence-corrected chi connectivity index (χ1v) is 5.36. The Kier molecular flexibility index (Phi) is 3.21. The van der Waals surface area contributed by atoms with Crippen LogP contribution in [-0.2, 0) is 6.42 Å². The van der Waals surface area contributed by atoms with Crippen molar-refractivity contribution in [1.29, 1.82) is 0 Å². The van der Waals surface area contributed by atoms with Crippen LogP contribution >= 0.6 is 0 Å². The van der Waals surface area contributed by atoms with Crippen LogP contribution in [0.5, 0.6) is 5.75 Å². The highest BCUT2D eigenvalue weighted by Gasteiger charge is 2.19. The first-order chi connectivity index (χ1) is 7.31. The molecule has 0 unspecified atom stereocenters. The molecule has 0 radical (unpaired) electrons. The van der Waals surface area contributed by atoms with Gasteiger partial charge >= 0.3 is 0 Å². The molecule has 0 amide bonds. The molecule has 3 heteroatoms. The molecule has 1 fully saturated rings. The summed E-state index contributed by atoms with van der Waals surface area (Å²) in [7, 11) is 1.49. The van der Waals surface area contributed by atoms with E-state index in [2.05, 4.69) is 5.32 Å². The Labute approximate surface area is 89.4 Å². The van der Waals surface area contributed by atoms with Crippen molar-refractivity contribution < 1.29 is 9.13 Å². The quantitative estimate of drug-likeness (QED) is 0.802. The highest BCUT2D eigenvalue weighted by Crippen LogP contribution is 2.21. The fourth-order valence-corrected chi connectivity index (χ4v) is 1.61. The van der Waals surface area contributed by atoms with Gasteiger partial charge in [0.25, 0.3) is 0 Å². The van der Waals surface area contributed by atoms with E-state index in [0.29, 0.717) is 11.8 Å². The van der Waals surface area contributed by atoms with Crippen LogP contribution in [0, 0.1) is 5.82 Å².